The molecular weight excluding hydrogens is 386 g/mol. The van der Waals surface area contributed by atoms with Crippen LogP contribution in [0.1, 0.15) is 34.1 Å². The highest BCUT2D eigenvalue weighted by Crippen LogP contribution is 2.36. The maximum absolute atomic E-state index is 12.3. The summed E-state index contributed by atoms with van der Waals surface area (Å²) >= 11 is 0. The van der Waals surface area contributed by atoms with Gasteiger partial charge in [-0.2, -0.15) is 0 Å². The van der Waals surface area contributed by atoms with Crippen LogP contribution < -0.4 is 4.74 Å². The Morgan fingerprint density at radius 1 is 0.935 bits per heavy atom. The van der Waals surface area contributed by atoms with Crippen LogP contribution in [0, 0.1) is 6.92 Å². The van der Waals surface area contributed by atoms with E-state index < -0.39 is 5.97 Å². The number of ether oxygens (including phenoxy) is 1. The fourth-order valence-corrected chi connectivity index (χ4v) is 4.05. The van der Waals surface area contributed by atoms with Gasteiger partial charge in [-0.3, -0.25) is 0 Å². The number of carboxylic acids is 1. The van der Waals surface area contributed by atoms with Gasteiger partial charge in [0.2, 0.25) is 0 Å². The fraction of sp³-hybridized carbons (Fsp3) is 0.148. The molecule has 0 radical (unpaired) electrons. The molecule has 4 rings (SSSR count). The van der Waals surface area contributed by atoms with Crippen molar-refractivity contribution in [3.8, 4) is 22.7 Å². The van der Waals surface area contributed by atoms with Crippen LogP contribution in [0.5, 0.6) is 5.75 Å². The second-order valence-corrected chi connectivity index (χ2v) is 7.42. The molecular formula is C27H25NO3. The molecule has 4 nitrogen and oxygen atoms in total. The highest BCUT2D eigenvalue weighted by molar-refractivity contribution is 5.98. The molecule has 4 heteroatoms. The molecule has 4 aromatic rings. The van der Waals surface area contributed by atoms with E-state index in [1.165, 1.54) is 0 Å². The van der Waals surface area contributed by atoms with E-state index in [-0.39, 0.29) is 0 Å². The molecule has 0 aliphatic carbocycles. The SMILES string of the molecule is CCc1c(C(=O)O)c(-c2cccc(OCc3ccccc3)c2)n(-c2ccccc2)c1C. The standard InChI is InChI=1S/C27H25NO3/c1-3-24-19(2)28(22-14-8-5-9-15-22)26(25(24)27(29)30)21-13-10-16-23(17-21)31-18-20-11-6-4-7-12-20/h4-17H,3,18H2,1-2H3,(H,29,30). The van der Waals surface area contributed by atoms with Gasteiger partial charge < -0.3 is 14.4 Å². The number of hydrogen-bond acceptors (Lipinski definition) is 2. The lowest BCUT2D eigenvalue weighted by Gasteiger charge is -2.14. The first-order chi connectivity index (χ1) is 15.1. The zero-order valence-electron chi connectivity index (χ0n) is 17.7. The highest BCUT2D eigenvalue weighted by atomic mass is 16.5. The molecule has 0 saturated heterocycles. The first-order valence-electron chi connectivity index (χ1n) is 10.4. The number of para-hydroxylation sites is 1. The van der Waals surface area contributed by atoms with E-state index in [0.29, 0.717) is 30.0 Å². The van der Waals surface area contributed by atoms with Gasteiger partial charge in [0.25, 0.3) is 0 Å². The Morgan fingerprint density at radius 3 is 2.26 bits per heavy atom. The predicted molar refractivity (Wildman–Crippen MR) is 123 cm³/mol. The van der Waals surface area contributed by atoms with Gasteiger partial charge >= 0.3 is 5.97 Å². The van der Waals surface area contributed by atoms with Crippen LogP contribution in [0.15, 0.2) is 84.9 Å². The van der Waals surface area contributed by atoms with Crippen molar-refractivity contribution in [2.75, 3.05) is 0 Å². The Bertz CT molecular complexity index is 1190. The van der Waals surface area contributed by atoms with Crippen LogP contribution >= 0.6 is 0 Å². The lowest BCUT2D eigenvalue weighted by Crippen LogP contribution is -2.04. The van der Waals surface area contributed by atoms with Crippen LogP contribution in [-0.2, 0) is 13.0 Å². The Morgan fingerprint density at radius 2 is 1.61 bits per heavy atom. The zero-order valence-corrected chi connectivity index (χ0v) is 17.7. The summed E-state index contributed by atoms with van der Waals surface area (Å²) in [7, 11) is 0. The van der Waals surface area contributed by atoms with Crippen LogP contribution in [-0.4, -0.2) is 15.6 Å². The average molecular weight is 412 g/mol. The van der Waals surface area contributed by atoms with Crippen molar-refractivity contribution in [1.82, 2.24) is 4.57 Å². The average Bonchev–Trinajstić information content (AvgIpc) is 3.11. The van der Waals surface area contributed by atoms with Gasteiger partial charge in [-0.1, -0.05) is 67.6 Å². The molecule has 1 aromatic heterocycles. The third-order valence-electron chi connectivity index (χ3n) is 5.47. The van der Waals surface area contributed by atoms with Crippen LogP contribution in [0.25, 0.3) is 16.9 Å². The quantitative estimate of drug-likeness (QED) is 0.389. The first kappa shape index (κ1) is 20.5. The molecule has 0 aliphatic heterocycles. The summed E-state index contributed by atoms with van der Waals surface area (Å²) in [5, 5.41) is 10.1. The molecule has 0 fully saturated rings. The van der Waals surface area contributed by atoms with E-state index in [9.17, 15) is 9.90 Å². The summed E-state index contributed by atoms with van der Waals surface area (Å²) in [6, 6.07) is 27.5. The summed E-state index contributed by atoms with van der Waals surface area (Å²) in [6.45, 7) is 4.43. The van der Waals surface area contributed by atoms with Crippen molar-refractivity contribution in [1.29, 1.82) is 0 Å². The van der Waals surface area contributed by atoms with Crippen LogP contribution in [0.2, 0.25) is 0 Å². The van der Waals surface area contributed by atoms with Crippen LogP contribution in [0.4, 0.5) is 0 Å². The molecule has 0 bridgehead atoms. The minimum atomic E-state index is -0.916. The number of carbonyl (C=O) groups is 1. The first-order valence-corrected chi connectivity index (χ1v) is 10.4. The smallest absolute Gasteiger partial charge is 0.338 e. The summed E-state index contributed by atoms with van der Waals surface area (Å²) in [4.78, 5) is 12.3. The van der Waals surface area contributed by atoms with Crippen molar-refractivity contribution < 1.29 is 14.6 Å². The number of aromatic carboxylic acids is 1. The lowest BCUT2D eigenvalue weighted by atomic mass is 10.0. The number of benzene rings is 3. The maximum Gasteiger partial charge on any atom is 0.338 e. The summed E-state index contributed by atoms with van der Waals surface area (Å²) in [5.74, 6) is -0.213. The second kappa shape index (κ2) is 8.92. The number of rotatable bonds is 7. The summed E-state index contributed by atoms with van der Waals surface area (Å²) in [6.07, 6.45) is 0.643. The number of nitrogens with zero attached hydrogens (tertiary/aromatic N) is 1. The number of aromatic nitrogens is 1. The molecule has 156 valence electrons. The van der Waals surface area contributed by atoms with E-state index in [2.05, 4.69) is 0 Å². The summed E-state index contributed by atoms with van der Waals surface area (Å²) in [5.41, 5.74) is 5.65. The minimum Gasteiger partial charge on any atom is -0.489 e. The third-order valence-corrected chi connectivity index (χ3v) is 5.47. The molecule has 0 unspecified atom stereocenters. The van der Waals surface area contributed by atoms with Gasteiger partial charge in [-0.25, -0.2) is 4.79 Å². The maximum atomic E-state index is 12.3. The van der Waals surface area contributed by atoms with Crippen molar-refractivity contribution in [2.45, 2.75) is 26.9 Å². The van der Waals surface area contributed by atoms with Gasteiger partial charge in [-0.05, 0) is 48.7 Å². The Hall–Kier alpha value is -3.79. The lowest BCUT2D eigenvalue weighted by molar-refractivity contribution is 0.0696. The van der Waals surface area contributed by atoms with Gasteiger partial charge in [0, 0.05) is 16.9 Å². The Labute approximate surface area is 182 Å². The molecule has 3 aromatic carbocycles. The van der Waals surface area contributed by atoms with Gasteiger partial charge in [0.15, 0.2) is 0 Å². The van der Waals surface area contributed by atoms with E-state index in [1.807, 2.05) is 103 Å². The normalized spacial score (nSPS) is 10.8. The van der Waals surface area contributed by atoms with E-state index >= 15 is 0 Å². The van der Waals surface area contributed by atoms with Gasteiger partial charge in [0.05, 0.1) is 11.3 Å². The van der Waals surface area contributed by atoms with Crippen LogP contribution in [0.3, 0.4) is 0 Å². The van der Waals surface area contributed by atoms with E-state index in [4.69, 9.17) is 4.74 Å². The molecule has 31 heavy (non-hydrogen) atoms. The molecule has 0 saturated carbocycles. The topological polar surface area (TPSA) is 51.5 Å². The molecule has 0 atom stereocenters. The fourth-order valence-electron chi connectivity index (χ4n) is 4.05. The third kappa shape index (κ3) is 4.10. The number of carboxylic acid groups (broad SMARTS) is 1. The predicted octanol–water partition coefficient (Wildman–Crippen LogP) is 6.29. The van der Waals surface area contributed by atoms with Crippen molar-refractivity contribution in [3.63, 3.8) is 0 Å². The van der Waals surface area contributed by atoms with Crippen molar-refractivity contribution in [2.24, 2.45) is 0 Å². The molecule has 1 N–H and O–H groups in total. The minimum absolute atomic E-state index is 0.351. The second-order valence-electron chi connectivity index (χ2n) is 7.42. The van der Waals surface area contributed by atoms with E-state index in [1.54, 1.807) is 0 Å². The molecule has 0 spiro atoms. The zero-order chi connectivity index (χ0) is 21.8. The Kier molecular flexibility index (Phi) is 5.89. The van der Waals surface area contributed by atoms with Crippen molar-refractivity contribution in [3.05, 3.63) is 107 Å². The van der Waals surface area contributed by atoms with E-state index in [0.717, 1.165) is 28.1 Å². The van der Waals surface area contributed by atoms with Gasteiger partial charge in [0.1, 0.15) is 12.4 Å². The molecule has 0 aliphatic rings. The Balaban J connectivity index is 1.83. The highest BCUT2D eigenvalue weighted by Gasteiger charge is 2.26. The molecule has 1 heterocycles. The number of hydrogen-bond donors (Lipinski definition) is 1. The largest absolute Gasteiger partial charge is 0.489 e. The summed E-state index contributed by atoms with van der Waals surface area (Å²) < 4.78 is 8.05. The molecule has 0 amide bonds. The van der Waals surface area contributed by atoms with Crippen molar-refractivity contribution >= 4 is 5.97 Å². The monoisotopic (exact) mass is 411 g/mol. The van der Waals surface area contributed by atoms with Gasteiger partial charge in [-0.15, -0.1) is 0 Å².